The van der Waals surface area contributed by atoms with Gasteiger partial charge in [-0.1, -0.05) is 23.8 Å². The number of hydrogen-bond acceptors (Lipinski definition) is 5. The molecule has 134 valence electrons. The lowest BCUT2D eigenvalue weighted by atomic mass is 9.97. The third-order valence-electron chi connectivity index (χ3n) is 4.85. The minimum Gasteiger partial charge on any atom is -0.481 e. The Morgan fingerprint density at radius 2 is 2.00 bits per heavy atom. The van der Waals surface area contributed by atoms with E-state index in [4.69, 9.17) is 0 Å². The molecule has 25 heavy (non-hydrogen) atoms. The molecule has 0 saturated carbocycles. The highest BCUT2D eigenvalue weighted by atomic mass is 32.2. The largest absolute Gasteiger partial charge is 0.481 e. The van der Waals surface area contributed by atoms with Gasteiger partial charge in [-0.2, -0.15) is 0 Å². The predicted molar refractivity (Wildman–Crippen MR) is 90.3 cm³/mol. The van der Waals surface area contributed by atoms with E-state index in [2.05, 4.69) is 6.58 Å². The fraction of sp³-hybridized carbons (Fsp3) is 0.412. The standard InChI is InChI=1S/C17H20N2O5S/c1-3-13(17(21)22)16-14(10-18-9-8-15(20)19(16)18)25(23,24)12-6-4-11(2)5-7-12/h3-7,13-14,16H,1,8-10H2,2H3,(H,21,22). The summed E-state index contributed by atoms with van der Waals surface area (Å²) in [4.78, 5) is 24.0. The van der Waals surface area contributed by atoms with Crippen molar-refractivity contribution in [3.63, 3.8) is 0 Å². The van der Waals surface area contributed by atoms with Crippen LogP contribution in [0.15, 0.2) is 41.8 Å². The maximum atomic E-state index is 13.1. The molecule has 2 saturated heterocycles. The zero-order valence-corrected chi connectivity index (χ0v) is 14.6. The van der Waals surface area contributed by atoms with Crippen molar-refractivity contribution in [2.75, 3.05) is 13.1 Å². The van der Waals surface area contributed by atoms with Gasteiger partial charge in [-0.15, -0.1) is 6.58 Å². The van der Waals surface area contributed by atoms with E-state index in [0.717, 1.165) is 5.56 Å². The van der Waals surface area contributed by atoms with Gasteiger partial charge in [-0.05, 0) is 19.1 Å². The molecule has 1 aromatic carbocycles. The fourth-order valence-corrected chi connectivity index (χ4v) is 5.45. The number of fused-ring (bicyclic) bond motifs is 1. The van der Waals surface area contributed by atoms with Gasteiger partial charge in [0, 0.05) is 19.5 Å². The first kappa shape index (κ1) is 17.6. The normalized spacial score (nSPS) is 25.0. The average Bonchev–Trinajstić information content (AvgIpc) is 3.10. The van der Waals surface area contributed by atoms with E-state index in [9.17, 15) is 23.1 Å². The van der Waals surface area contributed by atoms with Gasteiger partial charge in [0.1, 0.15) is 5.25 Å². The lowest BCUT2D eigenvalue weighted by Gasteiger charge is -2.30. The van der Waals surface area contributed by atoms with E-state index in [1.165, 1.54) is 23.2 Å². The van der Waals surface area contributed by atoms with Crippen molar-refractivity contribution in [3.8, 4) is 0 Å². The van der Waals surface area contributed by atoms with Crippen molar-refractivity contribution in [2.24, 2.45) is 5.92 Å². The summed E-state index contributed by atoms with van der Waals surface area (Å²) in [5.74, 6) is -2.59. The third kappa shape index (κ3) is 2.85. The molecule has 1 N–H and O–H groups in total. The number of nitrogens with zero attached hydrogens (tertiary/aromatic N) is 2. The number of rotatable bonds is 5. The number of aliphatic carboxylic acids is 1. The quantitative estimate of drug-likeness (QED) is 0.779. The highest BCUT2D eigenvalue weighted by Crippen LogP contribution is 2.36. The summed E-state index contributed by atoms with van der Waals surface area (Å²) >= 11 is 0. The Bertz CT molecular complexity index is 818. The van der Waals surface area contributed by atoms with Gasteiger partial charge >= 0.3 is 5.97 Å². The Hall–Kier alpha value is -2.19. The smallest absolute Gasteiger partial charge is 0.312 e. The summed E-state index contributed by atoms with van der Waals surface area (Å²) in [6.07, 6.45) is 1.47. The molecule has 0 aliphatic carbocycles. The van der Waals surface area contributed by atoms with Crippen molar-refractivity contribution in [3.05, 3.63) is 42.5 Å². The second-order valence-corrected chi connectivity index (χ2v) is 8.55. The zero-order valence-electron chi connectivity index (χ0n) is 13.8. The van der Waals surface area contributed by atoms with E-state index < -0.39 is 33.0 Å². The van der Waals surface area contributed by atoms with Crippen molar-refractivity contribution in [1.29, 1.82) is 0 Å². The Labute approximate surface area is 146 Å². The van der Waals surface area contributed by atoms with Crippen molar-refractivity contribution >= 4 is 21.7 Å². The fourth-order valence-electron chi connectivity index (χ4n) is 3.57. The summed E-state index contributed by atoms with van der Waals surface area (Å²) in [5.41, 5.74) is 0.927. The van der Waals surface area contributed by atoms with E-state index in [1.807, 2.05) is 6.92 Å². The summed E-state index contributed by atoms with van der Waals surface area (Å²) < 4.78 is 26.3. The number of carboxylic acids is 1. The summed E-state index contributed by atoms with van der Waals surface area (Å²) in [6.45, 7) is 5.89. The van der Waals surface area contributed by atoms with Crippen LogP contribution in [0.2, 0.25) is 0 Å². The van der Waals surface area contributed by atoms with Gasteiger partial charge < -0.3 is 5.11 Å². The SMILES string of the molecule is C=CC(C(=O)O)C1C(S(=O)(=O)c2ccc(C)cc2)CN2CCC(=O)N12. The van der Waals surface area contributed by atoms with E-state index in [1.54, 1.807) is 17.1 Å². The molecule has 2 fully saturated rings. The van der Waals surface area contributed by atoms with Crippen LogP contribution in [0.5, 0.6) is 0 Å². The second kappa shape index (κ2) is 6.27. The Morgan fingerprint density at radius 3 is 2.56 bits per heavy atom. The molecule has 0 radical (unpaired) electrons. The van der Waals surface area contributed by atoms with Crippen LogP contribution >= 0.6 is 0 Å². The maximum absolute atomic E-state index is 13.1. The molecular weight excluding hydrogens is 344 g/mol. The number of carbonyl (C=O) groups is 2. The number of carboxylic acid groups (broad SMARTS) is 1. The van der Waals surface area contributed by atoms with Crippen LogP contribution in [0.25, 0.3) is 0 Å². The second-order valence-electron chi connectivity index (χ2n) is 6.39. The maximum Gasteiger partial charge on any atom is 0.312 e. The Morgan fingerprint density at radius 1 is 1.36 bits per heavy atom. The molecule has 3 atom stereocenters. The third-order valence-corrected chi connectivity index (χ3v) is 7.01. The summed E-state index contributed by atoms with van der Waals surface area (Å²) in [7, 11) is -3.81. The molecule has 3 rings (SSSR count). The number of sulfone groups is 1. The minimum atomic E-state index is -3.81. The molecule has 2 aliphatic rings. The molecule has 1 aromatic rings. The van der Waals surface area contributed by atoms with Gasteiger partial charge in [0.25, 0.3) is 0 Å². The van der Waals surface area contributed by atoms with Crippen LogP contribution < -0.4 is 0 Å². The molecule has 0 aromatic heterocycles. The van der Waals surface area contributed by atoms with Crippen LogP contribution in [0.3, 0.4) is 0 Å². The number of amides is 1. The van der Waals surface area contributed by atoms with Gasteiger partial charge in [0.05, 0.1) is 16.9 Å². The Balaban J connectivity index is 2.06. The summed E-state index contributed by atoms with van der Waals surface area (Å²) in [6, 6.07) is 5.45. The van der Waals surface area contributed by atoms with Crippen molar-refractivity contribution in [2.45, 2.75) is 29.5 Å². The molecule has 7 nitrogen and oxygen atoms in total. The van der Waals surface area contributed by atoms with Gasteiger partial charge in [0.2, 0.25) is 5.91 Å². The number of carbonyl (C=O) groups excluding carboxylic acids is 1. The lowest BCUT2D eigenvalue weighted by molar-refractivity contribution is -0.146. The number of benzene rings is 1. The number of hydrogen-bond donors (Lipinski definition) is 1. The number of hydrazine groups is 1. The van der Waals surface area contributed by atoms with Crippen LogP contribution in [0.4, 0.5) is 0 Å². The van der Waals surface area contributed by atoms with E-state index in [0.29, 0.717) is 6.54 Å². The van der Waals surface area contributed by atoms with E-state index in [-0.39, 0.29) is 23.8 Å². The van der Waals surface area contributed by atoms with Crippen LogP contribution in [0.1, 0.15) is 12.0 Å². The highest BCUT2D eigenvalue weighted by molar-refractivity contribution is 7.92. The number of aryl methyl sites for hydroxylation is 1. The van der Waals surface area contributed by atoms with Crippen molar-refractivity contribution < 1.29 is 23.1 Å². The first-order chi connectivity index (χ1) is 11.8. The monoisotopic (exact) mass is 364 g/mol. The predicted octanol–water partition coefficient (Wildman–Crippen LogP) is 0.856. The molecule has 0 bridgehead atoms. The van der Waals surface area contributed by atoms with Gasteiger partial charge in [-0.25, -0.2) is 13.4 Å². The molecule has 3 unspecified atom stereocenters. The van der Waals surface area contributed by atoms with Crippen LogP contribution in [-0.2, 0) is 19.4 Å². The van der Waals surface area contributed by atoms with Gasteiger partial charge in [0.15, 0.2) is 9.84 Å². The first-order valence-electron chi connectivity index (χ1n) is 8.00. The van der Waals surface area contributed by atoms with Crippen molar-refractivity contribution in [1.82, 2.24) is 10.0 Å². The van der Waals surface area contributed by atoms with Gasteiger partial charge in [-0.3, -0.25) is 14.6 Å². The Kier molecular flexibility index (Phi) is 4.42. The lowest BCUT2D eigenvalue weighted by Crippen LogP contribution is -2.48. The van der Waals surface area contributed by atoms with E-state index >= 15 is 0 Å². The molecular formula is C17H20N2O5S. The molecule has 8 heteroatoms. The highest BCUT2D eigenvalue weighted by Gasteiger charge is 2.55. The molecule has 2 aliphatic heterocycles. The van der Waals surface area contributed by atoms with Crippen LogP contribution in [0, 0.1) is 12.8 Å². The minimum absolute atomic E-state index is 0.101. The first-order valence-corrected chi connectivity index (χ1v) is 9.55. The summed E-state index contributed by atoms with van der Waals surface area (Å²) in [5, 5.41) is 11.5. The molecule has 1 amide bonds. The molecule has 2 heterocycles. The average molecular weight is 364 g/mol. The zero-order chi connectivity index (χ0) is 18.4. The van der Waals surface area contributed by atoms with Crippen LogP contribution in [-0.4, -0.2) is 59.8 Å². The topological polar surface area (TPSA) is 95.0 Å². The molecule has 0 spiro atoms.